The van der Waals surface area contributed by atoms with Crippen molar-refractivity contribution < 1.29 is 33.4 Å². The van der Waals surface area contributed by atoms with Crippen LogP contribution in [-0.2, 0) is 33.4 Å². The second-order valence-electron chi connectivity index (χ2n) is 11.0. The number of ketones is 3. The number of hydrogen-bond donors (Lipinski definition) is 0. The van der Waals surface area contributed by atoms with Gasteiger partial charge in [-0.3, -0.25) is 24.0 Å². The van der Waals surface area contributed by atoms with Crippen LogP contribution in [0, 0.1) is 34.5 Å². The molecule has 4 aliphatic rings. The average Bonchev–Trinajstić information content (AvgIpc) is 3.05. The van der Waals surface area contributed by atoms with Crippen molar-refractivity contribution in [1.82, 2.24) is 0 Å². The molecule has 0 heterocycles. The normalized spacial score (nSPS) is 40.6. The first-order valence-electron chi connectivity index (χ1n) is 12.3. The minimum atomic E-state index is -1.50. The first-order valence-corrected chi connectivity index (χ1v) is 12.3. The Hall–Kier alpha value is -2.57. The van der Waals surface area contributed by atoms with Crippen molar-refractivity contribution in [3.05, 3.63) is 23.8 Å². The first kappa shape index (κ1) is 24.6. The summed E-state index contributed by atoms with van der Waals surface area (Å²) in [5.74, 6) is -1.78. The lowest BCUT2D eigenvalue weighted by atomic mass is 9.45. The van der Waals surface area contributed by atoms with Crippen molar-refractivity contribution in [3.63, 3.8) is 0 Å². The Morgan fingerprint density at radius 3 is 2.53 bits per heavy atom. The molecule has 0 saturated heterocycles. The van der Waals surface area contributed by atoms with Crippen molar-refractivity contribution in [1.29, 1.82) is 0 Å². The third-order valence-corrected chi connectivity index (χ3v) is 9.13. The van der Waals surface area contributed by atoms with Crippen molar-refractivity contribution in [3.8, 4) is 0 Å². The van der Waals surface area contributed by atoms with Gasteiger partial charge in [0.2, 0.25) is 5.78 Å². The molecule has 7 heteroatoms. The van der Waals surface area contributed by atoms with E-state index in [0.717, 1.165) is 12.0 Å². The van der Waals surface area contributed by atoms with Crippen LogP contribution < -0.4 is 0 Å². The van der Waals surface area contributed by atoms with Gasteiger partial charge < -0.3 is 9.47 Å². The van der Waals surface area contributed by atoms with Gasteiger partial charge in [0.05, 0.1) is 0 Å². The van der Waals surface area contributed by atoms with E-state index in [1.165, 1.54) is 6.92 Å². The number of rotatable bonds is 5. The zero-order chi connectivity index (χ0) is 25.1. The molecule has 0 amide bonds. The van der Waals surface area contributed by atoms with E-state index in [1.807, 2.05) is 19.9 Å². The topological polar surface area (TPSA) is 104 Å². The molecule has 0 bridgehead atoms. The van der Waals surface area contributed by atoms with Gasteiger partial charge >= 0.3 is 11.9 Å². The van der Waals surface area contributed by atoms with Crippen LogP contribution in [0.3, 0.4) is 0 Å². The minimum Gasteiger partial charge on any atom is -0.458 e. The van der Waals surface area contributed by atoms with E-state index in [4.69, 9.17) is 9.47 Å². The van der Waals surface area contributed by atoms with Crippen molar-refractivity contribution in [2.45, 2.75) is 72.3 Å². The molecule has 4 rings (SSSR count). The van der Waals surface area contributed by atoms with Crippen LogP contribution in [0.25, 0.3) is 0 Å². The summed E-state index contributed by atoms with van der Waals surface area (Å²) in [7, 11) is 0. The molecule has 7 atom stereocenters. The number of ether oxygens (including phenoxy) is 2. The summed E-state index contributed by atoms with van der Waals surface area (Å²) in [6.07, 6.45) is 7.01. The van der Waals surface area contributed by atoms with E-state index >= 15 is 0 Å². The van der Waals surface area contributed by atoms with Crippen molar-refractivity contribution in [2.75, 3.05) is 6.61 Å². The average molecular weight is 471 g/mol. The molecular weight excluding hydrogens is 436 g/mol. The molecule has 0 spiro atoms. The number of hydrogen-bond acceptors (Lipinski definition) is 7. The van der Waals surface area contributed by atoms with Gasteiger partial charge in [0.25, 0.3) is 0 Å². The van der Waals surface area contributed by atoms with E-state index in [2.05, 4.69) is 6.92 Å². The lowest BCUT2D eigenvalue weighted by Gasteiger charge is -2.58. The summed E-state index contributed by atoms with van der Waals surface area (Å²) in [5.41, 5.74) is -1.93. The van der Waals surface area contributed by atoms with Crippen LogP contribution in [0.1, 0.15) is 66.7 Å². The highest BCUT2D eigenvalue weighted by Crippen LogP contribution is 2.67. The molecule has 34 heavy (non-hydrogen) atoms. The van der Waals surface area contributed by atoms with Crippen LogP contribution >= 0.6 is 0 Å². The third kappa shape index (κ3) is 3.42. The fraction of sp³-hybridized carbons (Fsp3) is 0.667. The Morgan fingerprint density at radius 2 is 1.88 bits per heavy atom. The molecule has 4 aliphatic carbocycles. The Morgan fingerprint density at radius 1 is 1.18 bits per heavy atom. The lowest BCUT2D eigenvalue weighted by Crippen LogP contribution is -2.62. The second-order valence-corrected chi connectivity index (χ2v) is 11.0. The highest BCUT2D eigenvalue weighted by molar-refractivity contribution is 6.02. The summed E-state index contributed by atoms with van der Waals surface area (Å²) < 4.78 is 10.9. The SMILES string of the molecule is CCC(=O)O[C@]1(C(=O)COC(C)=O)CC[C@H]2[C@@H]3C[C@H](C)C4=CC(=O)C=CC4(C)[C@H]3C(=O)C[C@@]21C. The van der Waals surface area contributed by atoms with Crippen LogP contribution in [-0.4, -0.2) is 41.5 Å². The maximum atomic E-state index is 13.9. The molecular formula is C27H34O7. The molecule has 0 radical (unpaired) electrons. The maximum absolute atomic E-state index is 13.9. The molecule has 0 aromatic carbocycles. The number of carbonyl (C=O) groups is 5. The summed E-state index contributed by atoms with van der Waals surface area (Å²) in [5, 5.41) is 0. The Bertz CT molecular complexity index is 1020. The maximum Gasteiger partial charge on any atom is 0.306 e. The van der Waals surface area contributed by atoms with E-state index in [0.29, 0.717) is 12.8 Å². The number of Topliss-reactive ketones (excluding diaryl/α,β-unsaturated/α-hetero) is 2. The molecule has 1 unspecified atom stereocenters. The Labute approximate surface area is 200 Å². The predicted octanol–water partition coefficient (Wildman–Crippen LogP) is 3.54. The van der Waals surface area contributed by atoms with E-state index in [-0.39, 0.29) is 48.1 Å². The predicted molar refractivity (Wildman–Crippen MR) is 122 cm³/mol. The molecule has 3 fully saturated rings. The number of carbonyl (C=O) groups excluding carboxylic acids is 5. The molecule has 0 aromatic rings. The van der Waals surface area contributed by atoms with E-state index in [9.17, 15) is 24.0 Å². The summed E-state index contributed by atoms with van der Waals surface area (Å²) >= 11 is 0. The zero-order valence-corrected chi connectivity index (χ0v) is 20.6. The van der Waals surface area contributed by atoms with Crippen LogP contribution in [0.15, 0.2) is 23.8 Å². The smallest absolute Gasteiger partial charge is 0.306 e. The van der Waals surface area contributed by atoms with Crippen molar-refractivity contribution in [2.24, 2.45) is 34.5 Å². The second kappa shape index (κ2) is 8.28. The monoisotopic (exact) mass is 470 g/mol. The number of allylic oxidation sites excluding steroid dienone is 4. The first-order chi connectivity index (χ1) is 15.9. The van der Waals surface area contributed by atoms with Gasteiger partial charge in [0.1, 0.15) is 5.78 Å². The van der Waals surface area contributed by atoms with E-state index in [1.54, 1.807) is 19.1 Å². The molecule has 184 valence electrons. The summed E-state index contributed by atoms with van der Waals surface area (Å²) in [6.45, 7) is 8.44. The van der Waals surface area contributed by atoms with Gasteiger partial charge in [-0.15, -0.1) is 0 Å². The zero-order valence-electron chi connectivity index (χ0n) is 20.6. The number of fused-ring (bicyclic) bond motifs is 5. The summed E-state index contributed by atoms with van der Waals surface area (Å²) in [4.78, 5) is 63.4. The standard InChI is InChI=1S/C27H34O7/c1-6-23(32)34-27(22(31)14-33-16(3)28)10-8-19-18-11-15(2)20-12-17(29)7-9-25(20,4)24(18)21(30)13-26(19,27)5/h7,9,12,15,18-19,24H,6,8,10-11,13-14H2,1-5H3/t15-,18-,19-,24+,25?,26-,27-/m0/s1. The van der Waals surface area contributed by atoms with Crippen LogP contribution in [0.2, 0.25) is 0 Å². The van der Waals surface area contributed by atoms with Gasteiger partial charge in [-0.25, -0.2) is 0 Å². The largest absolute Gasteiger partial charge is 0.458 e. The molecule has 0 N–H and O–H groups in total. The lowest BCUT2D eigenvalue weighted by molar-refractivity contribution is -0.192. The quantitative estimate of drug-likeness (QED) is 0.566. The third-order valence-electron chi connectivity index (χ3n) is 9.13. The molecule has 0 aromatic heterocycles. The van der Waals surface area contributed by atoms with Gasteiger partial charge in [-0.2, -0.15) is 0 Å². The molecule has 0 aliphatic heterocycles. The van der Waals surface area contributed by atoms with Gasteiger partial charge in [-0.05, 0) is 49.2 Å². The molecule has 7 nitrogen and oxygen atoms in total. The summed E-state index contributed by atoms with van der Waals surface area (Å²) in [6, 6.07) is 0. The van der Waals surface area contributed by atoms with Crippen molar-refractivity contribution >= 4 is 29.3 Å². The number of esters is 2. The van der Waals surface area contributed by atoms with Gasteiger partial charge in [0.15, 0.2) is 18.0 Å². The van der Waals surface area contributed by atoms with Crippen LogP contribution in [0.4, 0.5) is 0 Å². The fourth-order valence-corrected chi connectivity index (χ4v) is 7.68. The highest BCUT2D eigenvalue weighted by atomic mass is 16.6. The van der Waals surface area contributed by atoms with Crippen LogP contribution in [0.5, 0.6) is 0 Å². The Kier molecular flexibility index (Phi) is 5.98. The minimum absolute atomic E-state index is 0.00928. The Balaban J connectivity index is 1.77. The van der Waals surface area contributed by atoms with Gasteiger partial charge in [-0.1, -0.05) is 39.3 Å². The molecule has 3 saturated carbocycles. The van der Waals surface area contributed by atoms with E-state index < -0.39 is 40.8 Å². The fourth-order valence-electron chi connectivity index (χ4n) is 7.68. The van der Waals surface area contributed by atoms with Gasteiger partial charge in [0, 0.05) is 36.5 Å². The highest BCUT2D eigenvalue weighted by Gasteiger charge is 2.71.